The third kappa shape index (κ3) is 8.43. The first-order chi connectivity index (χ1) is 11.8. The Morgan fingerprint density at radius 2 is 1.88 bits per heavy atom. The van der Waals surface area contributed by atoms with E-state index in [4.69, 9.17) is 25.8 Å². The normalized spacial score (nSPS) is 11.3. The van der Waals surface area contributed by atoms with Crippen molar-refractivity contribution in [3.8, 4) is 11.5 Å². The number of halogens is 1. The molecule has 1 amide bonds. The molecule has 0 aliphatic rings. The summed E-state index contributed by atoms with van der Waals surface area (Å²) >= 11 is 6.33. The molecule has 0 saturated heterocycles. The summed E-state index contributed by atoms with van der Waals surface area (Å²) in [6.45, 7) is 9.97. The minimum Gasteiger partial charge on any atom is -0.490 e. The van der Waals surface area contributed by atoms with Crippen molar-refractivity contribution in [3.63, 3.8) is 0 Å². The van der Waals surface area contributed by atoms with E-state index in [0.717, 1.165) is 12.1 Å². The monoisotopic (exact) mass is 372 g/mol. The summed E-state index contributed by atoms with van der Waals surface area (Å²) in [5.41, 5.74) is 0.589. The van der Waals surface area contributed by atoms with E-state index in [9.17, 15) is 4.79 Å². The van der Waals surface area contributed by atoms with Gasteiger partial charge >= 0.3 is 0 Å². The molecule has 0 radical (unpaired) electrons. The second kappa shape index (κ2) is 10.5. The molecule has 2 N–H and O–H groups in total. The Labute approximate surface area is 155 Å². The van der Waals surface area contributed by atoms with Crippen LogP contribution < -0.4 is 20.1 Å². The van der Waals surface area contributed by atoms with E-state index in [1.165, 1.54) is 0 Å². The Morgan fingerprint density at radius 3 is 2.48 bits per heavy atom. The first-order valence-electron chi connectivity index (χ1n) is 8.35. The molecule has 1 aromatic rings. The second-order valence-electron chi connectivity index (χ2n) is 6.58. The maximum absolute atomic E-state index is 11.9. The average molecular weight is 373 g/mol. The lowest BCUT2D eigenvalue weighted by molar-refractivity contribution is -0.124. The van der Waals surface area contributed by atoms with E-state index in [1.807, 2.05) is 33.8 Å². The van der Waals surface area contributed by atoms with Gasteiger partial charge in [0.2, 0.25) is 0 Å². The van der Waals surface area contributed by atoms with Crippen LogP contribution in [0.5, 0.6) is 11.5 Å². The fourth-order valence-electron chi connectivity index (χ4n) is 2.09. The quantitative estimate of drug-likeness (QED) is 0.618. The molecule has 1 rings (SSSR count). The molecule has 0 aliphatic carbocycles. The molecule has 0 bridgehead atoms. The summed E-state index contributed by atoms with van der Waals surface area (Å²) in [6.07, 6.45) is 0. The molecule has 142 valence electrons. The van der Waals surface area contributed by atoms with Gasteiger partial charge in [-0.2, -0.15) is 0 Å². The summed E-state index contributed by atoms with van der Waals surface area (Å²) in [5.74, 6) is 0.826. The fraction of sp³-hybridized carbons (Fsp3) is 0.611. The van der Waals surface area contributed by atoms with Gasteiger partial charge in [0.05, 0.1) is 13.2 Å². The molecule has 0 spiro atoms. The van der Waals surface area contributed by atoms with Crippen LogP contribution in [0.4, 0.5) is 0 Å². The van der Waals surface area contributed by atoms with Crippen LogP contribution in [0, 0.1) is 0 Å². The summed E-state index contributed by atoms with van der Waals surface area (Å²) in [5, 5.41) is 6.64. The minimum atomic E-state index is -0.307. The molecule has 0 atom stereocenters. The van der Waals surface area contributed by atoms with E-state index >= 15 is 0 Å². The zero-order chi connectivity index (χ0) is 18.9. The Balaban J connectivity index is 2.77. The molecule has 0 aromatic heterocycles. The van der Waals surface area contributed by atoms with Gasteiger partial charge in [0.15, 0.2) is 18.1 Å². The van der Waals surface area contributed by atoms with Crippen LogP contribution in [0.1, 0.15) is 33.3 Å². The van der Waals surface area contributed by atoms with Crippen LogP contribution >= 0.6 is 11.6 Å². The number of nitrogens with one attached hydrogen (secondary N) is 2. The summed E-state index contributed by atoms with van der Waals surface area (Å²) in [6, 6.07) is 3.52. The molecule has 0 saturated carbocycles. The standard InChI is InChI=1S/C18H29ClN2O4/c1-6-24-15-9-13(11-20-7-8-23-5)14(19)10-16(15)25-12-17(22)21-18(2,3)4/h9-10,20H,6-8,11-12H2,1-5H3,(H,21,22). The van der Waals surface area contributed by atoms with Crippen molar-refractivity contribution in [2.75, 3.05) is 33.5 Å². The smallest absolute Gasteiger partial charge is 0.258 e. The van der Waals surface area contributed by atoms with Gasteiger partial charge in [-0.3, -0.25) is 4.79 Å². The van der Waals surface area contributed by atoms with Gasteiger partial charge in [-0.25, -0.2) is 0 Å². The van der Waals surface area contributed by atoms with Crippen molar-refractivity contribution < 1.29 is 19.0 Å². The van der Waals surface area contributed by atoms with E-state index < -0.39 is 0 Å². The number of ether oxygens (including phenoxy) is 3. The second-order valence-corrected chi connectivity index (χ2v) is 6.99. The van der Waals surface area contributed by atoms with Crippen LogP contribution in [-0.4, -0.2) is 44.9 Å². The van der Waals surface area contributed by atoms with Crippen LogP contribution in [-0.2, 0) is 16.1 Å². The molecule has 6 nitrogen and oxygen atoms in total. The number of carbonyl (C=O) groups is 1. The lowest BCUT2D eigenvalue weighted by Gasteiger charge is -2.21. The third-order valence-electron chi connectivity index (χ3n) is 3.08. The van der Waals surface area contributed by atoms with E-state index in [-0.39, 0.29) is 18.1 Å². The molecular formula is C18H29ClN2O4. The van der Waals surface area contributed by atoms with Gasteiger partial charge in [0.1, 0.15) is 0 Å². The SMILES string of the molecule is CCOc1cc(CNCCOC)c(Cl)cc1OCC(=O)NC(C)(C)C. The van der Waals surface area contributed by atoms with Crippen molar-refractivity contribution in [1.82, 2.24) is 10.6 Å². The van der Waals surface area contributed by atoms with Crippen molar-refractivity contribution in [1.29, 1.82) is 0 Å². The molecule has 0 fully saturated rings. The highest BCUT2D eigenvalue weighted by Crippen LogP contribution is 2.33. The van der Waals surface area contributed by atoms with Gasteiger partial charge in [-0.15, -0.1) is 0 Å². The van der Waals surface area contributed by atoms with Crippen LogP contribution in [0.2, 0.25) is 5.02 Å². The number of methoxy groups -OCH3 is 1. The molecular weight excluding hydrogens is 344 g/mol. The van der Waals surface area contributed by atoms with Crippen LogP contribution in [0.25, 0.3) is 0 Å². The Kier molecular flexibility index (Phi) is 9.03. The Bertz CT molecular complexity index is 559. The van der Waals surface area contributed by atoms with Crippen molar-refractivity contribution >= 4 is 17.5 Å². The summed E-state index contributed by atoms with van der Waals surface area (Å²) < 4.78 is 16.2. The number of carbonyl (C=O) groups excluding carboxylic acids is 1. The fourth-order valence-corrected chi connectivity index (χ4v) is 2.31. The highest BCUT2D eigenvalue weighted by molar-refractivity contribution is 6.31. The average Bonchev–Trinajstić information content (AvgIpc) is 2.51. The zero-order valence-electron chi connectivity index (χ0n) is 15.7. The maximum atomic E-state index is 11.9. The molecule has 0 aliphatic heterocycles. The van der Waals surface area contributed by atoms with Gasteiger partial charge in [-0.05, 0) is 39.3 Å². The van der Waals surface area contributed by atoms with Crippen molar-refractivity contribution in [3.05, 3.63) is 22.7 Å². The van der Waals surface area contributed by atoms with Crippen LogP contribution in [0.15, 0.2) is 12.1 Å². The molecule has 1 aromatic carbocycles. The first kappa shape index (κ1) is 21.5. The predicted molar refractivity (Wildman–Crippen MR) is 99.6 cm³/mol. The highest BCUT2D eigenvalue weighted by Gasteiger charge is 2.16. The number of amides is 1. The Morgan fingerprint density at radius 1 is 1.20 bits per heavy atom. The minimum absolute atomic E-state index is 0.0981. The van der Waals surface area contributed by atoms with E-state index in [1.54, 1.807) is 13.2 Å². The van der Waals surface area contributed by atoms with E-state index in [0.29, 0.717) is 36.3 Å². The first-order valence-corrected chi connectivity index (χ1v) is 8.73. The van der Waals surface area contributed by atoms with Gasteiger partial charge in [0.25, 0.3) is 5.91 Å². The third-order valence-corrected chi connectivity index (χ3v) is 3.44. The van der Waals surface area contributed by atoms with E-state index in [2.05, 4.69) is 10.6 Å². The largest absolute Gasteiger partial charge is 0.490 e. The highest BCUT2D eigenvalue weighted by atomic mass is 35.5. The summed E-state index contributed by atoms with van der Waals surface area (Å²) in [7, 11) is 1.66. The molecule has 7 heteroatoms. The molecule has 0 unspecified atom stereocenters. The van der Waals surface area contributed by atoms with Crippen molar-refractivity contribution in [2.24, 2.45) is 0 Å². The van der Waals surface area contributed by atoms with Crippen LogP contribution in [0.3, 0.4) is 0 Å². The lowest BCUT2D eigenvalue weighted by Crippen LogP contribution is -2.43. The lowest BCUT2D eigenvalue weighted by atomic mass is 10.1. The molecule has 25 heavy (non-hydrogen) atoms. The zero-order valence-corrected chi connectivity index (χ0v) is 16.5. The maximum Gasteiger partial charge on any atom is 0.258 e. The number of rotatable bonds is 10. The Hall–Kier alpha value is -1.50. The topological polar surface area (TPSA) is 68.8 Å². The predicted octanol–water partition coefficient (Wildman–Crippen LogP) is 2.77. The van der Waals surface area contributed by atoms with Gasteiger partial charge < -0.3 is 24.8 Å². The summed E-state index contributed by atoms with van der Waals surface area (Å²) in [4.78, 5) is 11.9. The molecule has 0 heterocycles. The van der Waals surface area contributed by atoms with Crippen molar-refractivity contribution in [2.45, 2.75) is 39.8 Å². The number of benzene rings is 1. The van der Waals surface area contributed by atoms with Gasteiger partial charge in [0, 0.05) is 36.8 Å². The number of hydrogen-bond acceptors (Lipinski definition) is 5. The number of hydrogen-bond donors (Lipinski definition) is 2. The van der Waals surface area contributed by atoms with Gasteiger partial charge in [-0.1, -0.05) is 11.6 Å².